The number of amides is 2. The van der Waals surface area contributed by atoms with Crippen molar-refractivity contribution >= 4 is 23.5 Å². The molecule has 0 saturated carbocycles. The predicted octanol–water partition coefficient (Wildman–Crippen LogP) is 10.3. The number of urea groups is 1. The molecule has 0 bridgehead atoms. The molecule has 1 fully saturated rings. The van der Waals surface area contributed by atoms with Gasteiger partial charge in [0, 0.05) is 34.9 Å². The number of carbonyl (C=O) groups is 1. The van der Waals surface area contributed by atoms with Gasteiger partial charge in [0.05, 0.1) is 18.8 Å². The summed E-state index contributed by atoms with van der Waals surface area (Å²) in [7, 11) is 0. The van der Waals surface area contributed by atoms with E-state index in [1.807, 2.05) is 103 Å². The first-order chi connectivity index (χ1) is 25.6. The number of anilines is 1. The first-order valence-corrected chi connectivity index (χ1v) is 18.3. The highest BCUT2D eigenvalue weighted by atomic mass is 32.2. The third-order valence-corrected chi connectivity index (χ3v) is 9.98. The lowest BCUT2D eigenvalue weighted by Gasteiger charge is -2.36. The lowest BCUT2D eigenvalue weighted by Crippen LogP contribution is -2.31. The molecule has 0 spiro atoms. The summed E-state index contributed by atoms with van der Waals surface area (Å²) in [6.45, 7) is 0.360. The number of nitrogens with one attached hydrogen (secondary N) is 2. The van der Waals surface area contributed by atoms with E-state index in [0.29, 0.717) is 18.0 Å². The zero-order valence-electron chi connectivity index (χ0n) is 28.6. The molecule has 0 aliphatic carbocycles. The fourth-order valence-corrected chi connectivity index (χ4v) is 7.03. The number of benzene rings is 6. The van der Waals surface area contributed by atoms with E-state index in [1.54, 1.807) is 11.8 Å². The van der Waals surface area contributed by atoms with Crippen LogP contribution in [-0.4, -0.2) is 23.0 Å². The SMILES string of the molecule is O=C(NCc1ccccc1-c1ccc(C2OC(CSc3ccccc3)CC(c3ccc(CO)cc3)O2)cc1)Nc1ccc(Oc2ccccc2)cc1. The van der Waals surface area contributed by atoms with Crippen molar-refractivity contribution < 1.29 is 24.1 Å². The molecule has 7 rings (SSSR count). The molecule has 6 aromatic carbocycles. The molecule has 3 atom stereocenters. The molecule has 8 heteroatoms. The second-order valence-corrected chi connectivity index (χ2v) is 13.6. The Labute approximate surface area is 308 Å². The Morgan fingerprint density at radius 1 is 0.712 bits per heavy atom. The molecule has 1 aliphatic rings. The number of ether oxygens (including phenoxy) is 3. The topological polar surface area (TPSA) is 89.1 Å². The molecule has 0 aromatic heterocycles. The largest absolute Gasteiger partial charge is 0.457 e. The van der Waals surface area contributed by atoms with E-state index in [0.717, 1.165) is 51.3 Å². The predicted molar refractivity (Wildman–Crippen MR) is 206 cm³/mol. The smallest absolute Gasteiger partial charge is 0.319 e. The van der Waals surface area contributed by atoms with Gasteiger partial charge in [-0.15, -0.1) is 11.8 Å². The summed E-state index contributed by atoms with van der Waals surface area (Å²) < 4.78 is 19.0. The van der Waals surface area contributed by atoms with Crippen LogP contribution in [0.1, 0.15) is 41.1 Å². The molecule has 6 aromatic rings. The lowest BCUT2D eigenvalue weighted by molar-refractivity contribution is -0.245. The summed E-state index contributed by atoms with van der Waals surface area (Å²) >= 11 is 1.78. The van der Waals surface area contributed by atoms with Crippen molar-refractivity contribution in [3.8, 4) is 22.6 Å². The highest BCUT2D eigenvalue weighted by molar-refractivity contribution is 7.99. The summed E-state index contributed by atoms with van der Waals surface area (Å²) in [5.41, 5.74) is 6.59. The zero-order chi connectivity index (χ0) is 35.5. The minimum absolute atomic E-state index is 0.00704. The quantitative estimate of drug-likeness (QED) is 0.110. The number of aliphatic hydroxyl groups is 1. The first-order valence-electron chi connectivity index (χ1n) is 17.3. The third-order valence-electron chi connectivity index (χ3n) is 8.84. The van der Waals surface area contributed by atoms with Crippen LogP contribution in [0.5, 0.6) is 11.5 Å². The Kier molecular flexibility index (Phi) is 11.6. The number of para-hydroxylation sites is 1. The highest BCUT2D eigenvalue weighted by Gasteiger charge is 2.32. The summed E-state index contributed by atoms with van der Waals surface area (Å²) in [6, 6.07) is 51.2. The molecule has 1 heterocycles. The lowest BCUT2D eigenvalue weighted by atomic mass is 9.98. The minimum atomic E-state index is -0.536. The maximum atomic E-state index is 12.9. The molecule has 1 aliphatic heterocycles. The van der Waals surface area contributed by atoms with E-state index >= 15 is 0 Å². The Morgan fingerprint density at radius 2 is 1.37 bits per heavy atom. The molecular formula is C44H40N2O5S. The van der Waals surface area contributed by atoms with E-state index in [4.69, 9.17) is 14.2 Å². The van der Waals surface area contributed by atoms with E-state index in [1.165, 1.54) is 4.90 Å². The zero-order valence-corrected chi connectivity index (χ0v) is 29.4. The van der Waals surface area contributed by atoms with Crippen molar-refractivity contribution in [3.63, 3.8) is 0 Å². The molecule has 262 valence electrons. The Hall–Kier alpha value is -5.38. The normalized spacial score (nSPS) is 16.9. The standard InChI is InChI=1S/C44H40N2O5S/c47-29-31-15-17-33(18-16-31)42-27-39(30-52-40-12-5-2-6-13-40)50-43(51-42)34-21-19-32(20-22-34)41-14-8-7-9-35(41)28-45-44(48)46-36-23-25-38(26-24-36)49-37-10-3-1-4-11-37/h1-26,39,42-43,47H,27-30H2,(H2,45,46,48). The van der Waals surface area contributed by atoms with Crippen molar-refractivity contribution in [2.45, 2.75) is 43.0 Å². The second-order valence-electron chi connectivity index (χ2n) is 12.5. The second kappa shape index (κ2) is 17.2. The molecule has 3 unspecified atom stereocenters. The summed E-state index contributed by atoms with van der Waals surface area (Å²) in [4.78, 5) is 14.1. The van der Waals surface area contributed by atoms with Crippen LogP contribution in [0.3, 0.4) is 0 Å². The monoisotopic (exact) mass is 708 g/mol. The molecule has 0 radical (unpaired) electrons. The van der Waals surface area contributed by atoms with Crippen LogP contribution >= 0.6 is 11.8 Å². The van der Waals surface area contributed by atoms with Crippen LogP contribution in [0.25, 0.3) is 11.1 Å². The van der Waals surface area contributed by atoms with Crippen LogP contribution < -0.4 is 15.4 Å². The van der Waals surface area contributed by atoms with Crippen LogP contribution in [0.2, 0.25) is 0 Å². The first kappa shape index (κ1) is 35.0. The number of hydrogen-bond donors (Lipinski definition) is 3. The molecular weight excluding hydrogens is 669 g/mol. The Balaban J connectivity index is 0.997. The van der Waals surface area contributed by atoms with Crippen molar-refractivity contribution in [2.24, 2.45) is 0 Å². The summed E-state index contributed by atoms with van der Waals surface area (Å²) in [5.74, 6) is 2.24. The maximum Gasteiger partial charge on any atom is 0.319 e. The summed E-state index contributed by atoms with van der Waals surface area (Å²) in [5, 5.41) is 15.4. The van der Waals surface area contributed by atoms with Gasteiger partial charge in [0.15, 0.2) is 6.29 Å². The van der Waals surface area contributed by atoms with Gasteiger partial charge in [-0.3, -0.25) is 0 Å². The van der Waals surface area contributed by atoms with Crippen LogP contribution in [0, 0.1) is 0 Å². The Morgan fingerprint density at radius 3 is 2.10 bits per heavy atom. The molecule has 1 saturated heterocycles. The van der Waals surface area contributed by atoms with Crippen molar-refractivity contribution in [2.75, 3.05) is 11.1 Å². The maximum absolute atomic E-state index is 12.9. The van der Waals surface area contributed by atoms with Gasteiger partial charge in [-0.2, -0.15) is 0 Å². The van der Waals surface area contributed by atoms with Gasteiger partial charge in [0.2, 0.25) is 0 Å². The number of carbonyl (C=O) groups excluding carboxylic acids is 1. The Bertz CT molecular complexity index is 2030. The average molecular weight is 709 g/mol. The van der Waals surface area contributed by atoms with Gasteiger partial charge >= 0.3 is 6.03 Å². The van der Waals surface area contributed by atoms with Crippen LogP contribution in [0.4, 0.5) is 10.5 Å². The van der Waals surface area contributed by atoms with Crippen molar-refractivity contribution in [1.29, 1.82) is 0 Å². The van der Waals surface area contributed by atoms with E-state index in [-0.39, 0.29) is 24.8 Å². The molecule has 7 nitrogen and oxygen atoms in total. The number of thioether (sulfide) groups is 1. The number of hydrogen-bond acceptors (Lipinski definition) is 6. The van der Waals surface area contributed by atoms with E-state index < -0.39 is 6.29 Å². The van der Waals surface area contributed by atoms with Gasteiger partial charge in [0.1, 0.15) is 11.5 Å². The van der Waals surface area contributed by atoms with Crippen molar-refractivity contribution in [3.05, 3.63) is 180 Å². The number of aliphatic hydroxyl groups excluding tert-OH is 1. The van der Waals surface area contributed by atoms with Gasteiger partial charge < -0.3 is 30.0 Å². The van der Waals surface area contributed by atoms with Gasteiger partial charge in [-0.05, 0) is 76.3 Å². The van der Waals surface area contributed by atoms with Gasteiger partial charge in [-0.25, -0.2) is 4.79 Å². The molecule has 3 N–H and O–H groups in total. The average Bonchev–Trinajstić information content (AvgIpc) is 3.21. The molecule has 2 amide bonds. The van der Waals surface area contributed by atoms with E-state index in [9.17, 15) is 9.90 Å². The van der Waals surface area contributed by atoms with E-state index in [2.05, 4.69) is 65.2 Å². The molecule has 52 heavy (non-hydrogen) atoms. The fourth-order valence-electron chi connectivity index (χ4n) is 6.09. The van der Waals surface area contributed by atoms with Crippen molar-refractivity contribution in [1.82, 2.24) is 5.32 Å². The third kappa shape index (κ3) is 9.29. The minimum Gasteiger partial charge on any atom is -0.457 e. The fraction of sp³-hybridized carbons (Fsp3) is 0.159. The van der Waals surface area contributed by atoms with Gasteiger partial charge in [-0.1, -0.05) is 109 Å². The highest BCUT2D eigenvalue weighted by Crippen LogP contribution is 2.40. The number of rotatable bonds is 12. The van der Waals surface area contributed by atoms with Crippen LogP contribution in [-0.2, 0) is 22.6 Å². The summed E-state index contributed by atoms with van der Waals surface area (Å²) in [6.07, 6.45) is 0.0245. The van der Waals surface area contributed by atoms with Crippen LogP contribution in [0.15, 0.2) is 163 Å². The van der Waals surface area contributed by atoms with Gasteiger partial charge in [0.25, 0.3) is 0 Å².